The van der Waals surface area contributed by atoms with Gasteiger partial charge in [0.2, 0.25) is 5.91 Å². The fraction of sp³-hybridized carbons (Fsp3) is 0.385. The third-order valence-corrected chi connectivity index (χ3v) is 2.56. The van der Waals surface area contributed by atoms with Gasteiger partial charge in [0.15, 0.2) is 0 Å². The summed E-state index contributed by atoms with van der Waals surface area (Å²) in [6, 6.07) is 7.52. The second kappa shape index (κ2) is 6.03. The van der Waals surface area contributed by atoms with Crippen LogP contribution in [0.2, 0.25) is 0 Å². The monoisotopic (exact) mass is 235 g/mol. The number of benzene rings is 1. The molecule has 1 aromatic rings. The number of hydrogen-bond donors (Lipinski definition) is 2. The lowest BCUT2D eigenvalue weighted by Gasteiger charge is -2.08. The normalized spacial score (nSPS) is 11.9. The average molecular weight is 235 g/mol. The Morgan fingerprint density at radius 2 is 1.88 bits per heavy atom. The van der Waals surface area contributed by atoms with Crippen molar-refractivity contribution in [1.82, 2.24) is 0 Å². The summed E-state index contributed by atoms with van der Waals surface area (Å²) in [4.78, 5) is 22.1. The first-order valence-electron chi connectivity index (χ1n) is 5.64. The minimum absolute atomic E-state index is 0.00906. The molecule has 1 amide bonds. The Balaban J connectivity index is 2.53. The maximum absolute atomic E-state index is 11.5. The zero-order chi connectivity index (χ0) is 12.8. The number of aliphatic carboxylic acids is 1. The summed E-state index contributed by atoms with van der Waals surface area (Å²) in [5.41, 5.74) is 1.90. The topological polar surface area (TPSA) is 66.4 Å². The van der Waals surface area contributed by atoms with Crippen LogP contribution in [0.1, 0.15) is 25.8 Å². The average Bonchev–Trinajstić information content (AvgIpc) is 2.29. The van der Waals surface area contributed by atoms with E-state index in [4.69, 9.17) is 5.11 Å². The van der Waals surface area contributed by atoms with Crippen LogP contribution in [0.3, 0.4) is 0 Å². The molecule has 0 aliphatic rings. The zero-order valence-electron chi connectivity index (χ0n) is 10.1. The van der Waals surface area contributed by atoms with Crippen molar-refractivity contribution in [2.45, 2.75) is 26.7 Å². The van der Waals surface area contributed by atoms with Gasteiger partial charge in [-0.3, -0.25) is 9.59 Å². The van der Waals surface area contributed by atoms with Crippen LogP contribution in [-0.4, -0.2) is 17.0 Å². The molecule has 0 fully saturated rings. The molecule has 0 heterocycles. The van der Waals surface area contributed by atoms with E-state index in [0.717, 1.165) is 6.42 Å². The van der Waals surface area contributed by atoms with Gasteiger partial charge in [-0.15, -0.1) is 0 Å². The lowest BCUT2D eigenvalue weighted by atomic mass is 10.1. The van der Waals surface area contributed by atoms with Crippen molar-refractivity contribution in [3.8, 4) is 0 Å². The van der Waals surface area contributed by atoms with Gasteiger partial charge in [-0.25, -0.2) is 0 Å². The Kier molecular flexibility index (Phi) is 4.69. The van der Waals surface area contributed by atoms with Crippen LogP contribution < -0.4 is 5.32 Å². The van der Waals surface area contributed by atoms with E-state index in [-0.39, 0.29) is 12.3 Å². The van der Waals surface area contributed by atoms with Crippen molar-refractivity contribution < 1.29 is 14.7 Å². The van der Waals surface area contributed by atoms with Gasteiger partial charge in [0.05, 0.1) is 5.92 Å². The Bertz CT molecular complexity index is 398. The molecule has 1 rings (SSSR count). The number of carboxylic acid groups (broad SMARTS) is 1. The van der Waals surface area contributed by atoms with E-state index < -0.39 is 11.9 Å². The van der Waals surface area contributed by atoms with E-state index in [1.165, 1.54) is 12.5 Å². The standard InChI is InChI=1S/C13H17NO3/c1-3-10-4-6-11(7-5-10)14-12(15)8-9(2)13(16)17/h4-7,9H,3,8H2,1-2H3,(H,14,15)(H,16,17). The lowest BCUT2D eigenvalue weighted by Crippen LogP contribution is -2.19. The largest absolute Gasteiger partial charge is 0.481 e. The molecule has 2 N–H and O–H groups in total. The molecule has 92 valence electrons. The number of carbonyl (C=O) groups excluding carboxylic acids is 1. The van der Waals surface area contributed by atoms with Gasteiger partial charge >= 0.3 is 5.97 Å². The van der Waals surface area contributed by atoms with Crippen molar-refractivity contribution in [2.75, 3.05) is 5.32 Å². The van der Waals surface area contributed by atoms with Crippen molar-refractivity contribution in [3.05, 3.63) is 29.8 Å². The van der Waals surface area contributed by atoms with Gasteiger partial charge in [0.25, 0.3) is 0 Å². The van der Waals surface area contributed by atoms with E-state index in [1.54, 1.807) is 0 Å². The van der Waals surface area contributed by atoms with Crippen LogP contribution in [0.25, 0.3) is 0 Å². The summed E-state index contributed by atoms with van der Waals surface area (Å²) in [6.45, 7) is 3.57. The van der Waals surface area contributed by atoms with Crippen LogP contribution in [0.4, 0.5) is 5.69 Å². The molecule has 1 unspecified atom stereocenters. The molecule has 4 nitrogen and oxygen atoms in total. The van der Waals surface area contributed by atoms with Crippen molar-refractivity contribution in [3.63, 3.8) is 0 Å². The highest BCUT2D eigenvalue weighted by molar-refractivity contribution is 5.92. The fourth-order valence-electron chi connectivity index (χ4n) is 1.40. The second-order valence-electron chi connectivity index (χ2n) is 4.04. The lowest BCUT2D eigenvalue weighted by molar-refractivity contribution is -0.142. The van der Waals surface area contributed by atoms with E-state index in [9.17, 15) is 9.59 Å². The molecule has 0 bridgehead atoms. The molecular formula is C13H17NO3. The quantitative estimate of drug-likeness (QED) is 0.822. The summed E-state index contributed by atoms with van der Waals surface area (Å²) in [6.07, 6.45) is 0.940. The van der Waals surface area contributed by atoms with Crippen molar-refractivity contribution in [2.24, 2.45) is 5.92 Å². The smallest absolute Gasteiger partial charge is 0.306 e. The summed E-state index contributed by atoms with van der Waals surface area (Å²) in [5, 5.41) is 11.4. The van der Waals surface area contributed by atoms with E-state index >= 15 is 0 Å². The van der Waals surface area contributed by atoms with Crippen LogP contribution in [0.5, 0.6) is 0 Å². The number of hydrogen-bond acceptors (Lipinski definition) is 2. The number of rotatable bonds is 5. The van der Waals surface area contributed by atoms with Crippen LogP contribution in [0.15, 0.2) is 24.3 Å². The molecule has 0 saturated carbocycles. The highest BCUT2D eigenvalue weighted by atomic mass is 16.4. The highest BCUT2D eigenvalue weighted by Crippen LogP contribution is 2.11. The summed E-state index contributed by atoms with van der Waals surface area (Å²) >= 11 is 0. The van der Waals surface area contributed by atoms with Gasteiger partial charge in [0.1, 0.15) is 0 Å². The molecule has 0 aliphatic carbocycles. The first-order chi connectivity index (χ1) is 8.02. The Hall–Kier alpha value is -1.84. The van der Waals surface area contributed by atoms with Crippen molar-refractivity contribution in [1.29, 1.82) is 0 Å². The first kappa shape index (κ1) is 13.2. The molecule has 1 aromatic carbocycles. The Morgan fingerprint density at radius 1 is 1.29 bits per heavy atom. The molecule has 17 heavy (non-hydrogen) atoms. The zero-order valence-corrected chi connectivity index (χ0v) is 10.1. The first-order valence-corrected chi connectivity index (χ1v) is 5.64. The van der Waals surface area contributed by atoms with Gasteiger partial charge < -0.3 is 10.4 Å². The molecule has 0 spiro atoms. The van der Waals surface area contributed by atoms with Crippen LogP contribution >= 0.6 is 0 Å². The van der Waals surface area contributed by atoms with E-state index in [0.29, 0.717) is 5.69 Å². The summed E-state index contributed by atoms with van der Waals surface area (Å²) in [5.74, 6) is -1.89. The van der Waals surface area contributed by atoms with Gasteiger partial charge in [-0.1, -0.05) is 26.0 Å². The number of amides is 1. The van der Waals surface area contributed by atoms with E-state index in [2.05, 4.69) is 12.2 Å². The van der Waals surface area contributed by atoms with Crippen LogP contribution in [-0.2, 0) is 16.0 Å². The molecule has 0 aromatic heterocycles. The minimum atomic E-state index is -0.957. The number of carboxylic acids is 1. The fourth-order valence-corrected chi connectivity index (χ4v) is 1.40. The highest BCUT2D eigenvalue weighted by Gasteiger charge is 2.15. The Morgan fingerprint density at radius 3 is 2.35 bits per heavy atom. The predicted molar refractivity (Wildman–Crippen MR) is 65.9 cm³/mol. The predicted octanol–water partition coefficient (Wildman–Crippen LogP) is 2.30. The maximum Gasteiger partial charge on any atom is 0.306 e. The van der Waals surface area contributed by atoms with Gasteiger partial charge in [-0.05, 0) is 24.1 Å². The molecule has 0 saturated heterocycles. The molecule has 0 radical (unpaired) electrons. The molecule has 4 heteroatoms. The third kappa shape index (κ3) is 4.26. The SMILES string of the molecule is CCc1ccc(NC(=O)CC(C)C(=O)O)cc1. The minimum Gasteiger partial charge on any atom is -0.481 e. The number of carbonyl (C=O) groups is 2. The summed E-state index contributed by atoms with van der Waals surface area (Å²) < 4.78 is 0. The van der Waals surface area contributed by atoms with Crippen molar-refractivity contribution >= 4 is 17.6 Å². The number of nitrogens with one attached hydrogen (secondary N) is 1. The summed E-state index contributed by atoms with van der Waals surface area (Å²) in [7, 11) is 0. The molecular weight excluding hydrogens is 218 g/mol. The number of anilines is 1. The van der Waals surface area contributed by atoms with Gasteiger partial charge in [-0.2, -0.15) is 0 Å². The molecule has 0 aliphatic heterocycles. The number of aryl methyl sites for hydroxylation is 1. The van der Waals surface area contributed by atoms with Gasteiger partial charge in [0, 0.05) is 12.1 Å². The second-order valence-corrected chi connectivity index (χ2v) is 4.04. The Labute approximate surface area is 101 Å². The van der Waals surface area contributed by atoms with Crippen LogP contribution in [0, 0.1) is 5.92 Å². The third-order valence-electron chi connectivity index (χ3n) is 2.56. The maximum atomic E-state index is 11.5. The molecule has 1 atom stereocenters. The van der Waals surface area contributed by atoms with E-state index in [1.807, 2.05) is 24.3 Å².